The van der Waals surface area contributed by atoms with Crippen LogP contribution in [0.5, 0.6) is 0 Å². The maximum atomic E-state index is 13.4. The van der Waals surface area contributed by atoms with Crippen molar-refractivity contribution in [3.8, 4) is 11.1 Å². The Balaban J connectivity index is 1.26. The van der Waals surface area contributed by atoms with Gasteiger partial charge in [0, 0.05) is 11.4 Å². The van der Waals surface area contributed by atoms with E-state index >= 15 is 0 Å². The van der Waals surface area contributed by atoms with Crippen molar-refractivity contribution in [1.82, 2.24) is 9.97 Å². The molecule has 5 aromatic rings. The number of benzene rings is 4. The van der Waals surface area contributed by atoms with E-state index < -0.39 is 19.9 Å². The van der Waals surface area contributed by atoms with E-state index in [2.05, 4.69) is 64.4 Å². The first-order valence-electron chi connectivity index (χ1n) is 12.8. The van der Waals surface area contributed by atoms with Crippen molar-refractivity contribution in [2.75, 3.05) is 9.80 Å². The van der Waals surface area contributed by atoms with Gasteiger partial charge < -0.3 is 4.90 Å². The van der Waals surface area contributed by atoms with Crippen LogP contribution in [-0.2, 0) is 0 Å². The minimum absolute atomic E-state index is 0.0690. The second-order valence-electron chi connectivity index (χ2n) is 10.3. The molecule has 0 fully saturated rings. The first-order chi connectivity index (χ1) is 18.9. The molecular weight excluding hydrogens is 500 g/mol. The number of anilines is 4. The predicted molar refractivity (Wildman–Crippen MR) is 156 cm³/mol. The van der Waals surface area contributed by atoms with Crippen LogP contribution >= 0.6 is 0 Å². The SMILES string of the molecule is C[Si]1(C)c2ccccc2N(c2cnc(N3C(=O)c4ccc(-c5ccccc5)cc4C3=O)nc2)c2ccccc21. The fourth-order valence-corrected chi connectivity index (χ4v) is 8.71. The molecule has 0 radical (unpaired) electrons. The van der Waals surface area contributed by atoms with Crippen LogP contribution in [0, 0.1) is 0 Å². The Labute approximate surface area is 227 Å². The van der Waals surface area contributed by atoms with E-state index in [1.807, 2.05) is 48.5 Å². The van der Waals surface area contributed by atoms with Crippen LogP contribution in [0.2, 0.25) is 13.1 Å². The van der Waals surface area contributed by atoms with E-state index in [-0.39, 0.29) is 5.95 Å². The Bertz CT molecular complexity index is 1730. The lowest BCUT2D eigenvalue weighted by molar-refractivity contribution is 0.0924. The minimum atomic E-state index is -1.90. The Kier molecular flexibility index (Phi) is 5.11. The normalized spacial score (nSPS) is 15.1. The molecule has 6 nitrogen and oxygen atoms in total. The van der Waals surface area contributed by atoms with Crippen molar-refractivity contribution in [2.45, 2.75) is 13.1 Å². The lowest BCUT2D eigenvalue weighted by Gasteiger charge is -2.40. The summed E-state index contributed by atoms with van der Waals surface area (Å²) in [6.07, 6.45) is 3.38. The van der Waals surface area contributed by atoms with Gasteiger partial charge in [-0.25, -0.2) is 14.9 Å². The number of amides is 2. The van der Waals surface area contributed by atoms with Crippen molar-refractivity contribution >= 4 is 53.3 Å². The third kappa shape index (κ3) is 3.47. The molecular formula is C32H24N4O2Si. The first-order valence-corrected chi connectivity index (χ1v) is 15.8. The van der Waals surface area contributed by atoms with Gasteiger partial charge in [0.2, 0.25) is 5.95 Å². The number of hydrogen-bond acceptors (Lipinski definition) is 5. The second kappa shape index (κ2) is 8.57. The number of carbonyl (C=O) groups excluding carboxylic acids is 2. The van der Waals surface area contributed by atoms with E-state index in [4.69, 9.17) is 0 Å². The zero-order valence-electron chi connectivity index (χ0n) is 21.5. The molecule has 2 aliphatic rings. The van der Waals surface area contributed by atoms with Crippen molar-refractivity contribution in [3.05, 3.63) is 121 Å². The maximum Gasteiger partial charge on any atom is 0.268 e. The lowest BCUT2D eigenvalue weighted by Crippen LogP contribution is -2.58. The summed E-state index contributed by atoms with van der Waals surface area (Å²) < 4.78 is 0. The summed E-state index contributed by atoms with van der Waals surface area (Å²) in [7, 11) is -1.90. The molecule has 1 aromatic heterocycles. The van der Waals surface area contributed by atoms with E-state index in [1.54, 1.807) is 24.5 Å². The van der Waals surface area contributed by atoms with Crippen LogP contribution in [0.4, 0.5) is 23.0 Å². The molecule has 4 aromatic carbocycles. The Morgan fingerprint density at radius 2 is 1.15 bits per heavy atom. The molecule has 7 heteroatoms. The van der Waals surface area contributed by atoms with Crippen molar-refractivity contribution in [2.24, 2.45) is 0 Å². The van der Waals surface area contributed by atoms with Gasteiger partial charge in [0.1, 0.15) is 8.07 Å². The lowest BCUT2D eigenvalue weighted by atomic mass is 10.0. The van der Waals surface area contributed by atoms with Gasteiger partial charge in [0.15, 0.2) is 0 Å². The first kappa shape index (κ1) is 23.2. The molecule has 0 N–H and O–H groups in total. The van der Waals surface area contributed by atoms with Crippen molar-refractivity contribution < 1.29 is 9.59 Å². The highest BCUT2D eigenvalue weighted by atomic mass is 28.3. The number of nitrogens with zero attached hydrogens (tertiary/aromatic N) is 4. The summed E-state index contributed by atoms with van der Waals surface area (Å²) in [5, 5.41) is 2.67. The zero-order chi connectivity index (χ0) is 26.7. The number of carbonyl (C=O) groups is 2. The maximum absolute atomic E-state index is 13.4. The van der Waals surface area contributed by atoms with Crippen molar-refractivity contribution in [3.63, 3.8) is 0 Å². The molecule has 7 rings (SSSR count). The summed E-state index contributed by atoms with van der Waals surface area (Å²) >= 11 is 0. The highest BCUT2D eigenvalue weighted by Gasteiger charge is 2.40. The standard InChI is InChI=1S/C32H24N4O2Si/c1-39(2)28-14-8-6-12-26(28)35(27-13-7-9-15-29(27)39)23-19-33-32(34-20-23)36-30(37)24-17-16-22(18-25(24)31(36)38)21-10-4-3-5-11-21/h3-20H,1-2H3. The Hall–Kier alpha value is -4.88. The molecule has 0 saturated carbocycles. The highest BCUT2D eigenvalue weighted by Crippen LogP contribution is 2.38. The average Bonchev–Trinajstić information content (AvgIpc) is 3.23. The molecule has 0 saturated heterocycles. The summed E-state index contributed by atoms with van der Waals surface area (Å²) in [5.74, 6) is -0.759. The predicted octanol–water partition coefficient (Wildman–Crippen LogP) is 5.55. The van der Waals surface area contributed by atoms with E-state index in [9.17, 15) is 9.59 Å². The number of rotatable bonds is 3. The van der Waals surface area contributed by atoms with Gasteiger partial charge in [-0.1, -0.05) is 85.9 Å². The molecule has 0 unspecified atom stereocenters. The van der Waals surface area contributed by atoms with Gasteiger partial charge in [-0.05, 0) is 45.8 Å². The number of aromatic nitrogens is 2. The molecule has 0 bridgehead atoms. The minimum Gasteiger partial charge on any atom is -0.308 e. The molecule has 3 heterocycles. The fourth-order valence-electron chi connectivity index (χ4n) is 5.73. The number of imide groups is 1. The Morgan fingerprint density at radius 1 is 0.590 bits per heavy atom. The topological polar surface area (TPSA) is 66.4 Å². The van der Waals surface area contributed by atoms with Crippen LogP contribution in [0.3, 0.4) is 0 Å². The van der Waals surface area contributed by atoms with Gasteiger partial charge >= 0.3 is 0 Å². The molecule has 0 atom stereocenters. The van der Waals surface area contributed by atoms with E-state index in [0.29, 0.717) is 11.1 Å². The molecule has 2 aliphatic heterocycles. The highest BCUT2D eigenvalue weighted by molar-refractivity contribution is 7.02. The number of hydrogen-bond donors (Lipinski definition) is 0. The summed E-state index contributed by atoms with van der Waals surface area (Å²) in [5.41, 5.74) is 5.57. The van der Waals surface area contributed by atoms with Gasteiger partial charge in [-0.3, -0.25) is 9.59 Å². The van der Waals surface area contributed by atoms with Gasteiger partial charge in [-0.15, -0.1) is 0 Å². The van der Waals surface area contributed by atoms with Crippen LogP contribution in [0.1, 0.15) is 20.7 Å². The third-order valence-corrected chi connectivity index (χ3v) is 11.3. The van der Waals surface area contributed by atoms with E-state index in [1.165, 1.54) is 10.4 Å². The summed E-state index contributed by atoms with van der Waals surface area (Å²) in [6, 6.07) is 32.1. The van der Waals surface area contributed by atoms with E-state index in [0.717, 1.165) is 33.1 Å². The third-order valence-electron chi connectivity index (χ3n) is 7.71. The number of para-hydroxylation sites is 2. The molecule has 2 amide bonds. The smallest absolute Gasteiger partial charge is 0.268 e. The molecule has 188 valence electrons. The quantitative estimate of drug-likeness (QED) is 0.229. The largest absolute Gasteiger partial charge is 0.308 e. The van der Waals surface area contributed by atoms with Gasteiger partial charge in [0.25, 0.3) is 11.8 Å². The van der Waals surface area contributed by atoms with Gasteiger partial charge in [-0.2, -0.15) is 0 Å². The van der Waals surface area contributed by atoms with Crippen LogP contribution in [0.15, 0.2) is 109 Å². The van der Waals surface area contributed by atoms with Crippen LogP contribution in [0.25, 0.3) is 11.1 Å². The van der Waals surface area contributed by atoms with Crippen LogP contribution in [-0.4, -0.2) is 29.9 Å². The fraction of sp³-hybridized carbons (Fsp3) is 0.0625. The monoisotopic (exact) mass is 524 g/mol. The molecule has 0 aliphatic carbocycles. The average molecular weight is 525 g/mol. The Morgan fingerprint density at radius 3 is 1.79 bits per heavy atom. The number of fused-ring (bicyclic) bond motifs is 3. The molecule has 0 spiro atoms. The zero-order valence-corrected chi connectivity index (χ0v) is 22.5. The van der Waals surface area contributed by atoms with Crippen molar-refractivity contribution in [1.29, 1.82) is 0 Å². The van der Waals surface area contributed by atoms with Gasteiger partial charge in [0.05, 0.1) is 29.2 Å². The summed E-state index contributed by atoms with van der Waals surface area (Å²) in [4.78, 5) is 38.9. The second-order valence-corrected chi connectivity index (χ2v) is 14.6. The molecule has 39 heavy (non-hydrogen) atoms. The summed E-state index contributed by atoms with van der Waals surface area (Å²) in [6.45, 7) is 4.74. The van der Waals surface area contributed by atoms with Crippen LogP contribution < -0.4 is 20.2 Å².